The third kappa shape index (κ3) is 2.74. The third-order valence-corrected chi connectivity index (χ3v) is 3.70. The molecule has 1 atom stereocenters. The molecule has 1 aliphatic rings. The van der Waals surface area contributed by atoms with Gasteiger partial charge in [-0.1, -0.05) is 40.6 Å². The van der Waals surface area contributed by atoms with E-state index in [0.29, 0.717) is 6.04 Å². The van der Waals surface area contributed by atoms with Gasteiger partial charge in [-0.15, -0.1) is 6.58 Å². The van der Waals surface area contributed by atoms with Crippen molar-refractivity contribution in [2.75, 3.05) is 13.1 Å². The Hall–Kier alpha value is -0.600. The fourth-order valence-corrected chi connectivity index (χ4v) is 2.88. The van der Waals surface area contributed by atoms with Gasteiger partial charge in [0, 0.05) is 17.1 Å². The molecular weight excluding hydrogens is 262 g/mol. The summed E-state index contributed by atoms with van der Waals surface area (Å²) in [7, 11) is 0. The van der Waals surface area contributed by atoms with Crippen molar-refractivity contribution in [3.63, 3.8) is 0 Å². The van der Waals surface area contributed by atoms with Gasteiger partial charge in [-0.05, 0) is 37.1 Å². The van der Waals surface area contributed by atoms with E-state index >= 15 is 0 Å². The Kier molecular flexibility index (Phi) is 4.19. The van der Waals surface area contributed by atoms with E-state index in [1.54, 1.807) is 0 Å². The van der Waals surface area contributed by atoms with Crippen molar-refractivity contribution in [3.8, 4) is 0 Å². The van der Waals surface area contributed by atoms with Crippen LogP contribution in [0.15, 0.2) is 41.4 Å². The lowest BCUT2D eigenvalue weighted by Crippen LogP contribution is -2.33. The maximum Gasteiger partial charge on any atom is 0.0351 e. The zero-order valence-electron chi connectivity index (χ0n) is 9.53. The molecule has 1 aromatic carbocycles. The SMILES string of the molecule is C=CCN1CCCCC1c1cccc(Br)c1. The van der Waals surface area contributed by atoms with Gasteiger partial charge < -0.3 is 0 Å². The molecule has 1 aromatic rings. The maximum absolute atomic E-state index is 3.85. The summed E-state index contributed by atoms with van der Waals surface area (Å²) in [4.78, 5) is 2.53. The summed E-state index contributed by atoms with van der Waals surface area (Å²) in [5.41, 5.74) is 1.43. The van der Waals surface area contributed by atoms with Crippen LogP contribution in [0.1, 0.15) is 30.9 Å². The van der Waals surface area contributed by atoms with Crippen molar-refractivity contribution in [2.45, 2.75) is 25.3 Å². The number of rotatable bonds is 3. The average Bonchev–Trinajstić information content (AvgIpc) is 2.30. The first-order chi connectivity index (χ1) is 7.81. The number of benzene rings is 1. The van der Waals surface area contributed by atoms with Crippen LogP contribution in [0.3, 0.4) is 0 Å². The quantitative estimate of drug-likeness (QED) is 0.751. The Labute approximate surface area is 106 Å². The minimum atomic E-state index is 0.573. The zero-order chi connectivity index (χ0) is 11.4. The van der Waals surface area contributed by atoms with Crippen molar-refractivity contribution in [1.82, 2.24) is 4.90 Å². The molecule has 86 valence electrons. The second-order valence-electron chi connectivity index (χ2n) is 4.35. The molecule has 0 aliphatic carbocycles. The van der Waals surface area contributed by atoms with Crippen molar-refractivity contribution < 1.29 is 0 Å². The number of hydrogen-bond acceptors (Lipinski definition) is 1. The van der Waals surface area contributed by atoms with E-state index in [2.05, 4.69) is 51.7 Å². The molecule has 1 saturated heterocycles. The van der Waals surface area contributed by atoms with Gasteiger partial charge in [-0.25, -0.2) is 0 Å². The lowest BCUT2D eigenvalue weighted by Gasteiger charge is -2.35. The van der Waals surface area contributed by atoms with Gasteiger partial charge >= 0.3 is 0 Å². The number of piperidine rings is 1. The lowest BCUT2D eigenvalue weighted by atomic mass is 9.95. The Balaban J connectivity index is 2.19. The van der Waals surface area contributed by atoms with Crippen LogP contribution in [0.4, 0.5) is 0 Å². The molecular formula is C14H18BrN. The fraction of sp³-hybridized carbons (Fsp3) is 0.429. The monoisotopic (exact) mass is 279 g/mol. The molecule has 0 aromatic heterocycles. The van der Waals surface area contributed by atoms with E-state index in [1.165, 1.54) is 35.8 Å². The number of hydrogen-bond donors (Lipinski definition) is 0. The molecule has 0 N–H and O–H groups in total. The van der Waals surface area contributed by atoms with Gasteiger partial charge in [0.05, 0.1) is 0 Å². The number of nitrogens with zero attached hydrogens (tertiary/aromatic N) is 1. The van der Waals surface area contributed by atoms with E-state index < -0.39 is 0 Å². The Morgan fingerprint density at radius 1 is 1.44 bits per heavy atom. The normalized spacial score (nSPS) is 21.9. The third-order valence-electron chi connectivity index (χ3n) is 3.21. The first-order valence-corrected chi connectivity index (χ1v) is 6.71. The van der Waals surface area contributed by atoms with E-state index in [4.69, 9.17) is 0 Å². The van der Waals surface area contributed by atoms with Crippen LogP contribution in [0.5, 0.6) is 0 Å². The molecule has 0 radical (unpaired) electrons. The Bertz CT molecular complexity index is 362. The summed E-state index contributed by atoms with van der Waals surface area (Å²) >= 11 is 3.55. The standard InChI is InChI=1S/C14H18BrN/c1-2-9-16-10-4-3-8-14(16)12-6-5-7-13(15)11-12/h2,5-7,11,14H,1,3-4,8-10H2. The van der Waals surface area contributed by atoms with Crippen LogP contribution in [-0.4, -0.2) is 18.0 Å². The molecule has 1 heterocycles. The van der Waals surface area contributed by atoms with Crippen molar-refractivity contribution in [3.05, 3.63) is 47.0 Å². The lowest BCUT2D eigenvalue weighted by molar-refractivity contribution is 0.166. The minimum Gasteiger partial charge on any atom is -0.293 e. The molecule has 1 aliphatic heterocycles. The molecule has 2 rings (SSSR count). The zero-order valence-corrected chi connectivity index (χ0v) is 11.1. The largest absolute Gasteiger partial charge is 0.293 e. The van der Waals surface area contributed by atoms with Gasteiger partial charge in [-0.2, -0.15) is 0 Å². The van der Waals surface area contributed by atoms with Crippen LogP contribution in [0.2, 0.25) is 0 Å². The summed E-state index contributed by atoms with van der Waals surface area (Å²) in [5.74, 6) is 0. The van der Waals surface area contributed by atoms with E-state index in [-0.39, 0.29) is 0 Å². The van der Waals surface area contributed by atoms with Gasteiger partial charge in [0.2, 0.25) is 0 Å². The summed E-state index contributed by atoms with van der Waals surface area (Å²) < 4.78 is 1.18. The first-order valence-electron chi connectivity index (χ1n) is 5.91. The summed E-state index contributed by atoms with van der Waals surface area (Å²) in [5, 5.41) is 0. The molecule has 0 amide bonds. The van der Waals surface area contributed by atoms with Crippen molar-refractivity contribution in [2.24, 2.45) is 0 Å². The summed E-state index contributed by atoms with van der Waals surface area (Å²) in [6, 6.07) is 9.26. The molecule has 0 saturated carbocycles. The van der Waals surface area contributed by atoms with Crippen molar-refractivity contribution >= 4 is 15.9 Å². The highest BCUT2D eigenvalue weighted by molar-refractivity contribution is 9.10. The number of likely N-dealkylation sites (tertiary alicyclic amines) is 1. The van der Waals surface area contributed by atoms with Gasteiger partial charge in [-0.3, -0.25) is 4.90 Å². The van der Waals surface area contributed by atoms with Crippen molar-refractivity contribution in [1.29, 1.82) is 0 Å². The maximum atomic E-state index is 3.85. The van der Waals surface area contributed by atoms with Crippen LogP contribution >= 0.6 is 15.9 Å². The van der Waals surface area contributed by atoms with E-state index in [1.807, 2.05) is 6.08 Å². The predicted octanol–water partition coefficient (Wildman–Crippen LogP) is 4.16. The van der Waals surface area contributed by atoms with E-state index in [9.17, 15) is 0 Å². The molecule has 2 heteroatoms. The highest BCUT2D eigenvalue weighted by atomic mass is 79.9. The van der Waals surface area contributed by atoms with Gasteiger partial charge in [0.25, 0.3) is 0 Å². The predicted molar refractivity (Wildman–Crippen MR) is 72.5 cm³/mol. The molecule has 1 fully saturated rings. The van der Waals surface area contributed by atoms with Gasteiger partial charge in [0.15, 0.2) is 0 Å². The second kappa shape index (κ2) is 5.65. The van der Waals surface area contributed by atoms with Crippen LogP contribution < -0.4 is 0 Å². The molecule has 0 bridgehead atoms. The summed E-state index contributed by atoms with van der Waals surface area (Å²) in [6.07, 6.45) is 5.93. The average molecular weight is 280 g/mol. The summed E-state index contributed by atoms with van der Waals surface area (Å²) in [6.45, 7) is 6.04. The van der Waals surface area contributed by atoms with Crippen LogP contribution in [0.25, 0.3) is 0 Å². The smallest absolute Gasteiger partial charge is 0.0351 e. The Morgan fingerprint density at radius 2 is 2.31 bits per heavy atom. The number of halogens is 1. The first kappa shape index (κ1) is 11.9. The molecule has 0 spiro atoms. The molecule has 1 nitrogen and oxygen atoms in total. The minimum absolute atomic E-state index is 0.573. The topological polar surface area (TPSA) is 3.24 Å². The highest BCUT2D eigenvalue weighted by Gasteiger charge is 2.22. The van der Waals surface area contributed by atoms with Crippen LogP contribution in [-0.2, 0) is 0 Å². The Morgan fingerprint density at radius 3 is 3.06 bits per heavy atom. The highest BCUT2D eigenvalue weighted by Crippen LogP contribution is 2.31. The molecule has 16 heavy (non-hydrogen) atoms. The fourth-order valence-electron chi connectivity index (χ4n) is 2.47. The molecule has 1 unspecified atom stereocenters. The van der Waals surface area contributed by atoms with Crippen LogP contribution in [0, 0.1) is 0 Å². The van der Waals surface area contributed by atoms with E-state index in [0.717, 1.165) is 6.54 Å². The second-order valence-corrected chi connectivity index (χ2v) is 5.27. The van der Waals surface area contributed by atoms with Gasteiger partial charge in [0.1, 0.15) is 0 Å².